The van der Waals surface area contributed by atoms with Gasteiger partial charge in [0.15, 0.2) is 0 Å². The Morgan fingerprint density at radius 1 is 1.10 bits per heavy atom. The average molecular weight is 345 g/mol. The van der Waals surface area contributed by atoms with Gasteiger partial charge in [0, 0.05) is 11.6 Å². The molecule has 4 nitrogen and oxygen atoms in total. The fourth-order valence-corrected chi connectivity index (χ4v) is 3.42. The Morgan fingerprint density at radius 2 is 1.81 bits per heavy atom. The molecule has 0 heterocycles. The minimum Gasteiger partial charge on any atom is -0.326 e. The molecule has 2 aromatic rings. The maximum absolute atomic E-state index is 12.4. The molecule has 21 heavy (non-hydrogen) atoms. The summed E-state index contributed by atoms with van der Waals surface area (Å²) in [7, 11) is -3.76. The molecule has 0 aliphatic rings. The molecule has 112 valence electrons. The van der Waals surface area contributed by atoms with E-state index in [0.717, 1.165) is 5.56 Å². The van der Waals surface area contributed by atoms with E-state index in [1.54, 1.807) is 24.3 Å². The number of aryl methyl sites for hydroxylation is 1. The standard InChI is InChI=1S/C14H14Cl2N2O2S/c1-9-2-5-12(15)14(6-9)18-21(19,20)11-4-3-10(8-17)13(16)7-11/h2-7,18H,8,17H2,1H3. The predicted molar refractivity (Wildman–Crippen MR) is 86.3 cm³/mol. The van der Waals surface area contributed by atoms with Gasteiger partial charge in [-0.1, -0.05) is 35.3 Å². The largest absolute Gasteiger partial charge is 0.326 e. The summed E-state index contributed by atoms with van der Waals surface area (Å²) in [6.07, 6.45) is 0. The van der Waals surface area contributed by atoms with Gasteiger partial charge in [0.1, 0.15) is 0 Å². The Kier molecular flexibility index (Phi) is 4.78. The number of anilines is 1. The Bertz CT molecular complexity index is 777. The van der Waals surface area contributed by atoms with E-state index in [1.807, 2.05) is 6.92 Å². The van der Waals surface area contributed by atoms with Crippen LogP contribution in [0.1, 0.15) is 11.1 Å². The van der Waals surface area contributed by atoms with Crippen molar-refractivity contribution in [3.8, 4) is 0 Å². The van der Waals surface area contributed by atoms with E-state index in [0.29, 0.717) is 21.3 Å². The van der Waals surface area contributed by atoms with Crippen LogP contribution in [0, 0.1) is 6.92 Å². The van der Waals surface area contributed by atoms with E-state index in [4.69, 9.17) is 28.9 Å². The summed E-state index contributed by atoms with van der Waals surface area (Å²) in [6, 6.07) is 9.52. The van der Waals surface area contributed by atoms with Crippen LogP contribution in [0.5, 0.6) is 0 Å². The van der Waals surface area contributed by atoms with Gasteiger partial charge in [-0.3, -0.25) is 4.72 Å². The Hall–Kier alpha value is -1.27. The Balaban J connectivity index is 2.38. The van der Waals surface area contributed by atoms with Crippen molar-refractivity contribution in [2.75, 3.05) is 4.72 Å². The maximum atomic E-state index is 12.4. The minimum atomic E-state index is -3.76. The molecule has 2 aromatic carbocycles. The zero-order valence-corrected chi connectivity index (χ0v) is 13.6. The molecular formula is C14H14Cl2N2O2S. The first-order chi connectivity index (χ1) is 9.83. The molecule has 0 radical (unpaired) electrons. The first kappa shape index (κ1) is 16.1. The fourth-order valence-electron chi connectivity index (χ4n) is 1.78. The molecule has 3 N–H and O–H groups in total. The van der Waals surface area contributed by atoms with Crippen LogP contribution in [-0.2, 0) is 16.6 Å². The number of hydrogen-bond donors (Lipinski definition) is 2. The summed E-state index contributed by atoms with van der Waals surface area (Å²) >= 11 is 12.0. The number of nitrogens with two attached hydrogens (primary N) is 1. The molecule has 7 heteroatoms. The highest BCUT2D eigenvalue weighted by atomic mass is 35.5. The lowest BCUT2D eigenvalue weighted by Crippen LogP contribution is -2.13. The fraction of sp³-hybridized carbons (Fsp3) is 0.143. The second-order valence-corrected chi connectivity index (χ2v) is 7.04. The number of benzene rings is 2. The van der Waals surface area contributed by atoms with Crippen LogP contribution in [0.4, 0.5) is 5.69 Å². The number of hydrogen-bond acceptors (Lipinski definition) is 3. The van der Waals surface area contributed by atoms with Crippen LogP contribution >= 0.6 is 23.2 Å². The lowest BCUT2D eigenvalue weighted by molar-refractivity contribution is 0.601. The molecule has 0 bridgehead atoms. The summed E-state index contributed by atoms with van der Waals surface area (Å²) < 4.78 is 27.2. The van der Waals surface area contributed by atoms with Gasteiger partial charge in [-0.05, 0) is 42.3 Å². The minimum absolute atomic E-state index is 0.0577. The van der Waals surface area contributed by atoms with E-state index < -0.39 is 10.0 Å². The van der Waals surface area contributed by atoms with Crippen LogP contribution in [0.15, 0.2) is 41.3 Å². The van der Waals surface area contributed by atoms with Gasteiger partial charge >= 0.3 is 0 Å². The highest BCUT2D eigenvalue weighted by molar-refractivity contribution is 7.92. The second kappa shape index (κ2) is 6.23. The van der Waals surface area contributed by atoms with Crippen LogP contribution < -0.4 is 10.5 Å². The van der Waals surface area contributed by atoms with E-state index in [2.05, 4.69) is 4.72 Å². The number of sulfonamides is 1. The van der Waals surface area contributed by atoms with E-state index in [-0.39, 0.29) is 11.4 Å². The molecule has 0 fully saturated rings. The lowest BCUT2D eigenvalue weighted by Gasteiger charge is -2.11. The second-order valence-electron chi connectivity index (χ2n) is 4.55. The molecule has 0 spiro atoms. The third kappa shape index (κ3) is 3.68. The Labute approximate surface area is 133 Å². The molecule has 0 aliphatic carbocycles. The van der Waals surface area contributed by atoms with Crippen molar-refractivity contribution in [2.45, 2.75) is 18.4 Å². The van der Waals surface area contributed by atoms with Crippen molar-refractivity contribution >= 4 is 38.9 Å². The van der Waals surface area contributed by atoms with E-state index >= 15 is 0 Å². The van der Waals surface area contributed by atoms with Gasteiger partial charge in [-0.2, -0.15) is 0 Å². The highest BCUT2D eigenvalue weighted by Gasteiger charge is 2.17. The Morgan fingerprint density at radius 3 is 2.43 bits per heavy atom. The van der Waals surface area contributed by atoms with Crippen LogP contribution in [0.25, 0.3) is 0 Å². The molecule has 0 unspecified atom stereocenters. The average Bonchev–Trinajstić information content (AvgIpc) is 2.42. The van der Waals surface area contributed by atoms with Crippen molar-refractivity contribution in [2.24, 2.45) is 5.73 Å². The highest BCUT2D eigenvalue weighted by Crippen LogP contribution is 2.27. The monoisotopic (exact) mass is 344 g/mol. The van der Waals surface area contributed by atoms with Gasteiger partial charge in [0.25, 0.3) is 10.0 Å². The number of halogens is 2. The topological polar surface area (TPSA) is 72.2 Å². The number of rotatable bonds is 4. The van der Waals surface area contributed by atoms with E-state index in [9.17, 15) is 8.42 Å². The molecule has 0 atom stereocenters. The zero-order valence-electron chi connectivity index (χ0n) is 11.2. The summed E-state index contributed by atoms with van der Waals surface area (Å²) in [4.78, 5) is 0.0577. The van der Waals surface area contributed by atoms with Crippen LogP contribution in [0.2, 0.25) is 10.0 Å². The van der Waals surface area contributed by atoms with Crippen molar-refractivity contribution in [1.29, 1.82) is 0 Å². The molecular weight excluding hydrogens is 331 g/mol. The van der Waals surface area contributed by atoms with Crippen molar-refractivity contribution in [1.82, 2.24) is 0 Å². The predicted octanol–water partition coefficient (Wildman–Crippen LogP) is 3.56. The molecule has 2 rings (SSSR count). The maximum Gasteiger partial charge on any atom is 0.261 e. The van der Waals surface area contributed by atoms with Gasteiger partial charge in [0.2, 0.25) is 0 Å². The molecule has 0 saturated carbocycles. The van der Waals surface area contributed by atoms with Crippen molar-refractivity contribution < 1.29 is 8.42 Å². The summed E-state index contributed by atoms with van der Waals surface area (Å²) in [5.74, 6) is 0. The third-order valence-corrected chi connectivity index (χ3v) is 4.97. The van der Waals surface area contributed by atoms with Crippen molar-refractivity contribution in [3.63, 3.8) is 0 Å². The number of nitrogens with one attached hydrogen (secondary N) is 1. The molecule has 0 saturated heterocycles. The first-order valence-electron chi connectivity index (χ1n) is 6.11. The summed E-state index contributed by atoms with van der Waals surface area (Å²) in [5.41, 5.74) is 7.41. The van der Waals surface area contributed by atoms with E-state index in [1.165, 1.54) is 12.1 Å². The molecule has 0 amide bonds. The quantitative estimate of drug-likeness (QED) is 0.890. The first-order valence-corrected chi connectivity index (χ1v) is 8.35. The smallest absolute Gasteiger partial charge is 0.261 e. The third-order valence-electron chi connectivity index (χ3n) is 2.92. The molecule has 0 aromatic heterocycles. The lowest BCUT2D eigenvalue weighted by atomic mass is 10.2. The van der Waals surface area contributed by atoms with Gasteiger partial charge < -0.3 is 5.73 Å². The zero-order chi connectivity index (χ0) is 15.6. The summed E-state index contributed by atoms with van der Waals surface area (Å²) in [5, 5.41) is 0.643. The summed E-state index contributed by atoms with van der Waals surface area (Å²) in [6.45, 7) is 2.09. The van der Waals surface area contributed by atoms with Crippen molar-refractivity contribution in [3.05, 3.63) is 57.6 Å². The van der Waals surface area contributed by atoms with Gasteiger partial charge in [0.05, 0.1) is 15.6 Å². The normalized spacial score (nSPS) is 11.4. The van der Waals surface area contributed by atoms with Crippen LogP contribution in [-0.4, -0.2) is 8.42 Å². The van der Waals surface area contributed by atoms with Crippen LogP contribution in [0.3, 0.4) is 0 Å². The van der Waals surface area contributed by atoms with Gasteiger partial charge in [-0.25, -0.2) is 8.42 Å². The SMILES string of the molecule is Cc1ccc(Cl)c(NS(=O)(=O)c2ccc(CN)c(Cl)c2)c1. The molecule has 0 aliphatic heterocycles. The van der Waals surface area contributed by atoms with Gasteiger partial charge in [-0.15, -0.1) is 0 Å².